The summed E-state index contributed by atoms with van der Waals surface area (Å²) in [7, 11) is 3.46. The van der Waals surface area contributed by atoms with Crippen molar-refractivity contribution in [1.29, 1.82) is 0 Å². The molecule has 0 aliphatic carbocycles. The van der Waals surface area contributed by atoms with Crippen molar-refractivity contribution in [3.63, 3.8) is 0 Å². The molecule has 1 aliphatic rings. The predicted molar refractivity (Wildman–Crippen MR) is 117 cm³/mol. The molecule has 2 N–H and O–H groups in total. The summed E-state index contributed by atoms with van der Waals surface area (Å²) in [4.78, 5) is 18.0. The minimum atomic E-state index is -0.0479. The van der Waals surface area contributed by atoms with Crippen LogP contribution in [0.4, 0.5) is 0 Å². The van der Waals surface area contributed by atoms with Crippen LogP contribution in [0.2, 0.25) is 5.02 Å². The van der Waals surface area contributed by atoms with Crippen LogP contribution in [0.25, 0.3) is 0 Å². The molecule has 0 spiro atoms. The maximum atomic E-state index is 12.0. The molecular formula is C22H27ClN4O2. The maximum absolute atomic E-state index is 12.0. The zero-order valence-corrected chi connectivity index (χ0v) is 17.6. The first kappa shape index (κ1) is 21.0. The number of amides is 1. The van der Waals surface area contributed by atoms with Gasteiger partial charge in [-0.05, 0) is 30.2 Å². The van der Waals surface area contributed by atoms with Gasteiger partial charge in [0.15, 0.2) is 5.96 Å². The highest BCUT2D eigenvalue weighted by molar-refractivity contribution is 6.30. The van der Waals surface area contributed by atoms with Gasteiger partial charge in [0.05, 0.1) is 12.6 Å². The van der Waals surface area contributed by atoms with Gasteiger partial charge in [-0.3, -0.25) is 4.79 Å². The number of para-hydroxylation sites is 1. The molecule has 154 valence electrons. The SMILES string of the molecule is CN(C)C(=O)CN=C(NCCc1cccc(Cl)c1)NC1CCOc2ccccc21. The van der Waals surface area contributed by atoms with Gasteiger partial charge in [0.1, 0.15) is 12.3 Å². The number of nitrogens with one attached hydrogen (secondary N) is 2. The Hall–Kier alpha value is -2.73. The minimum absolute atomic E-state index is 0.0479. The molecule has 0 aromatic heterocycles. The fourth-order valence-electron chi connectivity index (χ4n) is 3.12. The topological polar surface area (TPSA) is 66.0 Å². The average molecular weight is 415 g/mol. The molecular weight excluding hydrogens is 388 g/mol. The number of nitrogens with zero attached hydrogens (tertiary/aromatic N) is 2. The predicted octanol–water partition coefficient (Wildman–Crippen LogP) is 3.03. The van der Waals surface area contributed by atoms with Gasteiger partial charge in [0.25, 0.3) is 0 Å². The smallest absolute Gasteiger partial charge is 0.243 e. The Morgan fingerprint density at radius 1 is 1.24 bits per heavy atom. The molecule has 3 rings (SSSR count). The molecule has 29 heavy (non-hydrogen) atoms. The zero-order valence-electron chi connectivity index (χ0n) is 16.8. The molecule has 0 saturated heterocycles. The molecule has 0 bridgehead atoms. The number of benzene rings is 2. The van der Waals surface area contributed by atoms with E-state index < -0.39 is 0 Å². The lowest BCUT2D eigenvalue weighted by Gasteiger charge is -2.28. The lowest BCUT2D eigenvalue weighted by Crippen LogP contribution is -2.42. The molecule has 0 radical (unpaired) electrons. The number of hydrogen-bond acceptors (Lipinski definition) is 3. The van der Waals surface area contributed by atoms with E-state index in [1.165, 1.54) is 4.90 Å². The molecule has 6 nitrogen and oxygen atoms in total. The van der Waals surface area contributed by atoms with E-state index in [1.54, 1.807) is 14.1 Å². The van der Waals surface area contributed by atoms with Crippen molar-refractivity contribution in [3.05, 3.63) is 64.7 Å². The average Bonchev–Trinajstić information content (AvgIpc) is 2.72. The highest BCUT2D eigenvalue weighted by Crippen LogP contribution is 2.31. The standard InChI is InChI=1S/C22H27ClN4O2/c1-27(2)21(28)15-25-22(24-12-10-16-6-5-7-17(23)14-16)26-19-11-13-29-20-9-4-3-8-18(19)20/h3-9,14,19H,10-13,15H2,1-2H3,(H2,24,25,26). The van der Waals surface area contributed by atoms with Crippen molar-refractivity contribution in [1.82, 2.24) is 15.5 Å². The molecule has 1 atom stereocenters. The Bertz CT molecular complexity index is 869. The van der Waals surface area contributed by atoms with Crippen LogP contribution in [0.5, 0.6) is 5.75 Å². The van der Waals surface area contributed by atoms with Crippen LogP contribution in [-0.4, -0.2) is 50.6 Å². The van der Waals surface area contributed by atoms with Crippen LogP contribution in [0.1, 0.15) is 23.6 Å². The van der Waals surface area contributed by atoms with Crippen LogP contribution in [0.3, 0.4) is 0 Å². The summed E-state index contributed by atoms with van der Waals surface area (Å²) >= 11 is 6.07. The van der Waals surface area contributed by atoms with Gasteiger partial charge in [0.2, 0.25) is 5.91 Å². The molecule has 2 aromatic rings. The van der Waals surface area contributed by atoms with Gasteiger partial charge in [-0.25, -0.2) is 4.99 Å². The molecule has 1 unspecified atom stereocenters. The fourth-order valence-corrected chi connectivity index (χ4v) is 3.33. The van der Waals surface area contributed by atoms with E-state index in [0.29, 0.717) is 19.1 Å². The van der Waals surface area contributed by atoms with Crippen LogP contribution in [0, 0.1) is 0 Å². The Morgan fingerprint density at radius 2 is 2.07 bits per heavy atom. The molecule has 0 fully saturated rings. The van der Waals surface area contributed by atoms with E-state index in [-0.39, 0.29) is 18.5 Å². The first-order valence-corrected chi connectivity index (χ1v) is 10.1. The monoisotopic (exact) mass is 414 g/mol. The summed E-state index contributed by atoms with van der Waals surface area (Å²) in [6.07, 6.45) is 1.63. The Kier molecular flexibility index (Phi) is 7.36. The van der Waals surface area contributed by atoms with E-state index in [1.807, 2.05) is 42.5 Å². The number of guanidine groups is 1. The number of aliphatic imine (C=N–C) groups is 1. The number of carbonyl (C=O) groups is 1. The third kappa shape index (κ3) is 6.12. The largest absolute Gasteiger partial charge is 0.493 e. The van der Waals surface area contributed by atoms with E-state index in [0.717, 1.165) is 34.7 Å². The van der Waals surface area contributed by atoms with Crippen molar-refractivity contribution in [2.75, 3.05) is 33.8 Å². The maximum Gasteiger partial charge on any atom is 0.243 e. The Balaban J connectivity index is 1.68. The number of hydrogen-bond donors (Lipinski definition) is 2. The summed E-state index contributed by atoms with van der Waals surface area (Å²) in [5.74, 6) is 1.45. The van der Waals surface area contributed by atoms with Gasteiger partial charge in [-0.1, -0.05) is 41.9 Å². The lowest BCUT2D eigenvalue weighted by molar-refractivity contribution is -0.127. The third-order valence-electron chi connectivity index (χ3n) is 4.74. The van der Waals surface area contributed by atoms with Crippen LogP contribution in [0.15, 0.2) is 53.5 Å². The normalized spacial score (nSPS) is 15.8. The fraction of sp³-hybridized carbons (Fsp3) is 0.364. The van der Waals surface area contributed by atoms with Gasteiger partial charge < -0.3 is 20.3 Å². The van der Waals surface area contributed by atoms with Crippen LogP contribution in [-0.2, 0) is 11.2 Å². The van der Waals surface area contributed by atoms with Gasteiger partial charge in [0, 0.05) is 37.6 Å². The molecule has 1 amide bonds. The van der Waals surface area contributed by atoms with E-state index in [4.69, 9.17) is 16.3 Å². The number of ether oxygens (including phenoxy) is 1. The van der Waals surface area contributed by atoms with E-state index in [2.05, 4.69) is 21.7 Å². The van der Waals surface area contributed by atoms with Crippen molar-refractivity contribution < 1.29 is 9.53 Å². The summed E-state index contributed by atoms with van der Waals surface area (Å²) in [5, 5.41) is 7.54. The highest BCUT2D eigenvalue weighted by atomic mass is 35.5. The minimum Gasteiger partial charge on any atom is -0.493 e. The molecule has 7 heteroatoms. The van der Waals surface area contributed by atoms with Gasteiger partial charge >= 0.3 is 0 Å². The summed E-state index contributed by atoms with van der Waals surface area (Å²) in [6.45, 7) is 1.40. The molecule has 2 aromatic carbocycles. The first-order valence-electron chi connectivity index (χ1n) is 9.74. The number of carbonyl (C=O) groups excluding carboxylic acids is 1. The van der Waals surface area contributed by atoms with Crippen LogP contribution >= 0.6 is 11.6 Å². The quantitative estimate of drug-likeness (QED) is 0.563. The molecule has 0 saturated carbocycles. The second-order valence-electron chi connectivity index (χ2n) is 7.13. The number of likely N-dealkylation sites (N-methyl/N-ethyl adjacent to an activating group) is 1. The lowest BCUT2D eigenvalue weighted by atomic mass is 10.0. The summed E-state index contributed by atoms with van der Waals surface area (Å²) in [6, 6.07) is 15.9. The molecule has 1 aliphatic heterocycles. The number of fused-ring (bicyclic) bond motifs is 1. The summed E-state index contributed by atoms with van der Waals surface area (Å²) < 4.78 is 5.74. The van der Waals surface area contributed by atoms with E-state index >= 15 is 0 Å². The van der Waals surface area contributed by atoms with Crippen LogP contribution < -0.4 is 15.4 Å². The van der Waals surface area contributed by atoms with Crippen molar-refractivity contribution in [2.45, 2.75) is 18.9 Å². The number of rotatable bonds is 6. The molecule has 1 heterocycles. The van der Waals surface area contributed by atoms with E-state index in [9.17, 15) is 4.79 Å². The second kappa shape index (κ2) is 10.2. The first-order chi connectivity index (χ1) is 14.0. The summed E-state index contributed by atoms with van der Waals surface area (Å²) in [5.41, 5.74) is 2.24. The van der Waals surface area contributed by atoms with Crippen molar-refractivity contribution >= 4 is 23.5 Å². The van der Waals surface area contributed by atoms with Gasteiger partial charge in [-0.2, -0.15) is 0 Å². The van der Waals surface area contributed by atoms with Crippen molar-refractivity contribution in [3.8, 4) is 5.75 Å². The number of halogens is 1. The Morgan fingerprint density at radius 3 is 2.86 bits per heavy atom. The highest BCUT2D eigenvalue weighted by Gasteiger charge is 2.22. The Labute approximate surface area is 176 Å². The van der Waals surface area contributed by atoms with Gasteiger partial charge in [-0.15, -0.1) is 0 Å². The van der Waals surface area contributed by atoms with Crippen molar-refractivity contribution in [2.24, 2.45) is 4.99 Å². The second-order valence-corrected chi connectivity index (χ2v) is 7.57. The third-order valence-corrected chi connectivity index (χ3v) is 4.97. The zero-order chi connectivity index (χ0) is 20.6.